The van der Waals surface area contributed by atoms with Crippen molar-refractivity contribution >= 4 is 14.2 Å². The Morgan fingerprint density at radius 2 is 0.839 bits per heavy atom. The first kappa shape index (κ1) is 27.0. The van der Waals surface area contributed by atoms with E-state index >= 15 is 0 Å². The molecule has 6 heteroatoms. The van der Waals surface area contributed by atoms with Gasteiger partial charge in [0.05, 0.1) is 22.4 Å². The fraction of sp³-hybridized carbons (Fsp3) is 0.920. The molecule has 2 aliphatic heterocycles. The molecular weight excluding hydrogens is 386 g/mol. The van der Waals surface area contributed by atoms with Crippen molar-refractivity contribution in [3.05, 3.63) is 10.9 Å². The van der Waals surface area contributed by atoms with Gasteiger partial charge in [-0.3, -0.25) is 0 Å². The molecule has 31 heavy (non-hydrogen) atoms. The van der Waals surface area contributed by atoms with Crippen molar-refractivity contribution in [1.29, 1.82) is 0 Å². The Morgan fingerprint density at radius 3 is 1.23 bits per heavy atom. The summed E-state index contributed by atoms with van der Waals surface area (Å²) in [6, 6.07) is 0. The van der Waals surface area contributed by atoms with Gasteiger partial charge in [0.2, 0.25) is 0 Å². The summed E-state index contributed by atoms with van der Waals surface area (Å²) in [6.45, 7) is 21.5. The Balaban J connectivity index is 2.32. The van der Waals surface area contributed by atoms with Crippen molar-refractivity contribution in [3.8, 4) is 0 Å². The Hall–Kier alpha value is -0.290. The first-order chi connectivity index (χ1) is 14.3. The summed E-state index contributed by atoms with van der Waals surface area (Å²) >= 11 is 0. The molecule has 0 radical (unpaired) electrons. The summed E-state index contributed by atoms with van der Waals surface area (Å²) in [5, 5.41) is 0. The molecule has 0 unspecified atom stereocenters. The molecule has 0 atom stereocenters. The van der Waals surface area contributed by atoms with Crippen molar-refractivity contribution in [2.75, 3.05) is 0 Å². The van der Waals surface area contributed by atoms with E-state index in [0.717, 1.165) is 25.7 Å². The molecule has 2 saturated heterocycles. The van der Waals surface area contributed by atoms with E-state index in [9.17, 15) is 0 Å². The topological polar surface area (TPSA) is 36.9 Å². The summed E-state index contributed by atoms with van der Waals surface area (Å²) in [5.41, 5.74) is 1.08. The number of rotatable bonds is 11. The third-order valence-corrected chi connectivity index (χ3v) is 7.81. The highest BCUT2D eigenvalue weighted by molar-refractivity contribution is 6.62. The minimum Gasteiger partial charge on any atom is -0.400 e. The number of unbranched alkanes of at least 4 members (excludes halogenated alkanes) is 5. The molecule has 0 aromatic carbocycles. The van der Waals surface area contributed by atoms with Crippen molar-refractivity contribution < 1.29 is 18.6 Å². The van der Waals surface area contributed by atoms with Gasteiger partial charge in [-0.1, -0.05) is 58.8 Å². The van der Waals surface area contributed by atoms with Crippen LogP contribution in [-0.2, 0) is 18.6 Å². The fourth-order valence-electron chi connectivity index (χ4n) is 4.20. The van der Waals surface area contributed by atoms with Gasteiger partial charge >= 0.3 is 14.2 Å². The second-order valence-electron chi connectivity index (χ2n) is 11.5. The minimum absolute atomic E-state index is 0.332. The first-order valence-electron chi connectivity index (χ1n) is 12.7. The van der Waals surface area contributed by atoms with Crippen LogP contribution in [0, 0.1) is 0 Å². The lowest BCUT2D eigenvalue weighted by molar-refractivity contribution is 0.00578. The molecule has 0 spiro atoms. The van der Waals surface area contributed by atoms with Crippen LogP contribution in [0.25, 0.3) is 0 Å². The second-order valence-corrected chi connectivity index (χ2v) is 11.5. The summed E-state index contributed by atoms with van der Waals surface area (Å²) in [5.74, 6) is 0. The molecule has 0 aliphatic carbocycles. The summed E-state index contributed by atoms with van der Waals surface area (Å²) in [6.07, 6.45) is 10.6. The molecule has 0 aromatic heterocycles. The molecule has 2 fully saturated rings. The van der Waals surface area contributed by atoms with E-state index in [1.165, 1.54) is 43.0 Å². The zero-order valence-electron chi connectivity index (χ0n) is 22.2. The Kier molecular flexibility index (Phi) is 8.98. The van der Waals surface area contributed by atoms with E-state index in [1.807, 2.05) is 0 Å². The van der Waals surface area contributed by atoms with Gasteiger partial charge in [0.15, 0.2) is 0 Å². The van der Waals surface area contributed by atoms with Crippen LogP contribution in [0.1, 0.15) is 127 Å². The van der Waals surface area contributed by atoms with Crippen LogP contribution in [-0.4, -0.2) is 36.6 Å². The molecule has 0 amide bonds. The summed E-state index contributed by atoms with van der Waals surface area (Å²) in [4.78, 5) is 0. The van der Waals surface area contributed by atoms with E-state index in [-0.39, 0.29) is 36.6 Å². The molecule has 2 rings (SSSR count). The van der Waals surface area contributed by atoms with Gasteiger partial charge < -0.3 is 18.6 Å². The maximum absolute atomic E-state index is 6.52. The van der Waals surface area contributed by atoms with E-state index in [2.05, 4.69) is 69.2 Å². The highest BCUT2D eigenvalue weighted by Crippen LogP contribution is 2.44. The van der Waals surface area contributed by atoms with Crippen molar-refractivity contribution in [3.63, 3.8) is 0 Å². The third-order valence-electron chi connectivity index (χ3n) is 7.81. The zero-order chi connectivity index (χ0) is 23.5. The summed E-state index contributed by atoms with van der Waals surface area (Å²) < 4.78 is 26.0. The lowest BCUT2D eigenvalue weighted by atomic mass is 9.61. The third kappa shape index (κ3) is 6.19. The van der Waals surface area contributed by atoms with Crippen LogP contribution in [0.4, 0.5) is 0 Å². The fourth-order valence-corrected chi connectivity index (χ4v) is 4.20. The number of hydrogen-bond acceptors (Lipinski definition) is 4. The van der Waals surface area contributed by atoms with Crippen LogP contribution in [0.2, 0.25) is 0 Å². The Labute approximate surface area is 193 Å². The second kappa shape index (κ2) is 10.3. The monoisotopic (exact) mass is 434 g/mol. The van der Waals surface area contributed by atoms with Crippen LogP contribution in [0.15, 0.2) is 10.9 Å². The molecule has 0 saturated carbocycles. The first-order valence-corrected chi connectivity index (χ1v) is 12.7. The van der Waals surface area contributed by atoms with Gasteiger partial charge in [-0.25, -0.2) is 0 Å². The van der Waals surface area contributed by atoms with E-state index in [1.54, 1.807) is 0 Å². The van der Waals surface area contributed by atoms with Gasteiger partial charge in [0, 0.05) is 0 Å². The maximum Gasteiger partial charge on any atom is 0.489 e. The minimum atomic E-state index is -0.350. The van der Waals surface area contributed by atoms with Crippen LogP contribution in [0.3, 0.4) is 0 Å². The van der Waals surface area contributed by atoms with E-state index in [4.69, 9.17) is 18.6 Å². The van der Waals surface area contributed by atoms with Gasteiger partial charge in [0.1, 0.15) is 0 Å². The predicted octanol–water partition coefficient (Wildman–Crippen LogP) is 7.10. The van der Waals surface area contributed by atoms with Gasteiger partial charge in [-0.05, 0) is 79.2 Å². The van der Waals surface area contributed by atoms with Crippen LogP contribution >= 0.6 is 0 Å². The van der Waals surface area contributed by atoms with Crippen molar-refractivity contribution in [1.82, 2.24) is 0 Å². The SMILES string of the molecule is CCCCCCCC/C(B1OC(C)(C)C(C)(C)O1)=C(\CCC)B1OC(C)(C)C(C)(C)O1. The molecule has 0 N–H and O–H groups in total. The molecule has 2 aliphatic rings. The quantitative estimate of drug-likeness (QED) is 0.257. The molecule has 2 heterocycles. The summed E-state index contributed by atoms with van der Waals surface area (Å²) in [7, 11) is -0.666. The number of allylic oxidation sites excluding steroid dienone is 2. The van der Waals surface area contributed by atoms with E-state index in [0.29, 0.717) is 0 Å². The van der Waals surface area contributed by atoms with Crippen LogP contribution in [0.5, 0.6) is 0 Å². The zero-order valence-corrected chi connectivity index (χ0v) is 22.2. The lowest BCUT2D eigenvalue weighted by Gasteiger charge is -2.32. The van der Waals surface area contributed by atoms with Gasteiger partial charge in [-0.15, -0.1) is 0 Å². The highest BCUT2D eigenvalue weighted by atomic mass is 16.7. The normalized spacial score (nSPS) is 24.6. The maximum atomic E-state index is 6.52. The predicted molar refractivity (Wildman–Crippen MR) is 132 cm³/mol. The van der Waals surface area contributed by atoms with Crippen LogP contribution < -0.4 is 0 Å². The standard InChI is InChI=1S/C25H48B2O4/c1-11-13-14-15-16-17-19-21(27-30-24(7,8)25(9,10)31-27)20(18-12-2)26-28-22(3,4)23(5,6)29-26/h11-19H2,1-10H3/b21-20-. The highest BCUT2D eigenvalue weighted by Gasteiger charge is 2.56. The number of hydrogen-bond donors (Lipinski definition) is 0. The lowest BCUT2D eigenvalue weighted by Crippen LogP contribution is -2.41. The van der Waals surface area contributed by atoms with E-state index < -0.39 is 0 Å². The molecule has 178 valence electrons. The average Bonchev–Trinajstić information content (AvgIpc) is 2.99. The molecule has 0 bridgehead atoms. The average molecular weight is 434 g/mol. The van der Waals surface area contributed by atoms with Crippen molar-refractivity contribution in [2.24, 2.45) is 0 Å². The Morgan fingerprint density at radius 1 is 0.484 bits per heavy atom. The molecular formula is C25H48B2O4. The van der Waals surface area contributed by atoms with Crippen molar-refractivity contribution in [2.45, 2.75) is 149 Å². The van der Waals surface area contributed by atoms with Gasteiger partial charge in [0.25, 0.3) is 0 Å². The molecule has 0 aromatic rings. The molecule has 4 nitrogen and oxygen atoms in total. The Bertz CT molecular complexity index is 593. The largest absolute Gasteiger partial charge is 0.489 e. The smallest absolute Gasteiger partial charge is 0.400 e. The van der Waals surface area contributed by atoms with Gasteiger partial charge in [-0.2, -0.15) is 0 Å².